The van der Waals surface area contributed by atoms with Crippen LogP contribution in [0, 0.1) is 6.92 Å². The highest BCUT2D eigenvalue weighted by Gasteiger charge is 2.07. The Morgan fingerprint density at radius 3 is 2.48 bits per heavy atom. The molecule has 0 fully saturated rings. The van der Waals surface area contributed by atoms with Gasteiger partial charge in [0.25, 0.3) is 0 Å². The van der Waals surface area contributed by atoms with Gasteiger partial charge in [-0.15, -0.1) is 0 Å². The fraction of sp³-hybridized carbons (Fsp3) is 0.333. The summed E-state index contributed by atoms with van der Waals surface area (Å²) in [5.41, 5.74) is 10.1. The number of methoxy groups -OCH3 is 1. The van der Waals surface area contributed by atoms with Crippen LogP contribution in [0.4, 0.5) is 5.69 Å². The Balaban J connectivity index is 2.13. The Bertz CT molecular complexity index is 621. The number of anilines is 1. The van der Waals surface area contributed by atoms with Gasteiger partial charge in [0.2, 0.25) is 0 Å². The number of benzene rings is 2. The van der Waals surface area contributed by atoms with E-state index in [1.54, 1.807) is 7.11 Å². The van der Waals surface area contributed by atoms with Crippen LogP contribution in [0.5, 0.6) is 11.5 Å². The molecule has 3 heteroatoms. The Kier molecular flexibility index (Phi) is 4.73. The van der Waals surface area contributed by atoms with Crippen molar-refractivity contribution in [2.75, 3.05) is 12.8 Å². The van der Waals surface area contributed by atoms with Crippen LogP contribution in [0.3, 0.4) is 0 Å². The molecule has 2 aromatic carbocycles. The molecule has 0 aliphatic heterocycles. The average molecular weight is 285 g/mol. The van der Waals surface area contributed by atoms with Gasteiger partial charge in [0.15, 0.2) is 0 Å². The van der Waals surface area contributed by atoms with Gasteiger partial charge >= 0.3 is 0 Å². The first-order valence-electron chi connectivity index (χ1n) is 7.17. The lowest BCUT2D eigenvalue weighted by atomic mass is 9.98. The van der Waals surface area contributed by atoms with E-state index in [4.69, 9.17) is 15.2 Å². The third kappa shape index (κ3) is 3.69. The molecule has 0 aliphatic rings. The van der Waals surface area contributed by atoms with E-state index in [2.05, 4.69) is 32.9 Å². The lowest BCUT2D eigenvalue weighted by Gasteiger charge is -2.14. The molecule has 0 saturated carbocycles. The summed E-state index contributed by atoms with van der Waals surface area (Å²) in [6.45, 7) is 6.94. The topological polar surface area (TPSA) is 44.5 Å². The molecule has 0 spiro atoms. The molecule has 21 heavy (non-hydrogen) atoms. The number of rotatable bonds is 5. The number of ether oxygens (including phenoxy) is 2. The van der Waals surface area contributed by atoms with Crippen molar-refractivity contribution >= 4 is 5.69 Å². The molecule has 0 aromatic heterocycles. The van der Waals surface area contributed by atoms with E-state index in [0.717, 1.165) is 17.1 Å². The number of nitrogen functional groups attached to an aromatic ring is 1. The average Bonchev–Trinajstić information content (AvgIpc) is 2.45. The summed E-state index contributed by atoms with van der Waals surface area (Å²) in [5.74, 6) is 2.18. The number of hydrogen-bond donors (Lipinski definition) is 1. The third-order valence-electron chi connectivity index (χ3n) is 3.56. The van der Waals surface area contributed by atoms with E-state index in [0.29, 0.717) is 18.2 Å². The summed E-state index contributed by atoms with van der Waals surface area (Å²) in [5, 5.41) is 0. The van der Waals surface area contributed by atoms with Gasteiger partial charge < -0.3 is 15.2 Å². The van der Waals surface area contributed by atoms with Gasteiger partial charge in [-0.2, -0.15) is 0 Å². The number of hydrogen-bond acceptors (Lipinski definition) is 3. The van der Waals surface area contributed by atoms with Crippen LogP contribution in [-0.4, -0.2) is 7.11 Å². The van der Waals surface area contributed by atoms with Crippen molar-refractivity contribution in [1.29, 1.82) is 0 Å². The Morgan fingerprint density at radius 2 is 1.86 bits per heavy atom. The highest BCUT2D eigenvalue weighted by molar-refractivity contribution is 5.48. The molecule has 0 aliphatic carbocycles. The zero-order valence-corrected chi connectivity index (χ0v) is 13.1. The van der Waals surface area contributed by atoms with E-state index in [9.17, 15) is 0 Å². The molecule has 0 amide bonds. The maximum absolute atomic E-state index is 5.87. The molecule has 0 heterocycles. The minimum atomic E-state index is 0.439. The summed E-state index contributed by atoms with van der Waals surface area (Å²) < 4.78 is 11.2. The maximum Gasteiger partial charge on any atom is 0.125 e. The lowest BCUT2D eigenvalue weighted by Crippen LogP contribution is -2.01. The van der Waals surface area contributed by atoms with Gasteiger partial charge in [-0.25, -0.2) is 0 Å². The van der Waals surface area contributed by atoms with Gasteiger partial charge in [-0.1, -0.05) is 19.9 Å². The van der Waals surface area contributed by atoms with Crippen molar-refractivity contribution < 1.29 is 9.47 Å². The first kappa shape index (κ1) is 15.2. The predicted octanol–water partition coefficient (Wildman–Crippen LogP) is 4.29. The van der Waals surface area contributed by atoms with Crippen LogP contribution in [0.1, 0.15) is 36.5 Å². The van der Waals surface area contributed by atoms with E-state index >= 15 is 0 Å². The van der Waals surface area contributed by atoms with Crippen molar-refractivity contribution in [2.24, 2.45) is 0 Å². The first-order chi connectivity index (χ1) is 10.0. The van der Waals surface area contributed by atoms with Gasteiger partial charge in [0.05, 0.1) is 7.11 Å². The van der Waals surface area contributed by atoms with Crippen LogP contribution in [0.15, 0.2) is 36.4 Å². The van der Waals surface area contributed by atoms with Gasteiger partial charge in [-0.3, -0.25) is 0 Å². The van der Waals surface area contributed by atoms with Crippen molar-refractivity contribution in [1.82, 2.24) is 0 Å². The second kappa shape index (κ2) is 6.53. The van der Waals surface area contributed by atoms with Crippen LogP contribution in [0.25, 0.3) is 0 Å². The molecule has 2 aromatic rings. The smallest absolute Gasteiger partial charge is 0.125 e. The molecule has 2 N–H and O–H groups in total. The molecule has 0 radical (unpaired) electrons. The summed E-state index contributed by atoms with van der Waals surface area (Å²) in [7, 11) is 1.65. The van der Waals surface area contributed by atoms with Gasteiger partial charge in [0.1, 0.15) is 18.1 Å². The van der Waals surface area contributed by atoms with Crippen LogP contribution in [-0.2, 0) is 6.61 Å². The van der Waals surface area contributed by atoms with Crippen molar-refractivity contribution in [3.05, 3.63) is 53.1 Å². The van der Waals surface area contributed by atoms with E-state index in [1.807, 2.05) is 24.3 Å². The largest absolute Gasteiger partial charge is 0.496 e. The minimum Gasteiger partial charge on any atom is -0.496 e. The second-order valence-corrected chi connectivity index (χ2v) is 5.53. The summed E-state index contributed by atoms with van der Waals surface area (Å²) in [6.07, 6.45) is 0. The summed E-state index contributed by atoms with van der Waals surface area (Å²) >= 11 is 0. The second-order valence-electron chi connectivity index (χ2n) is 5.53. The Labute approximate surface area is 126 Å². The molecule has 3 nitrogen and oxygen atoms in total. The zero-order chi connectivity index (χ0) is 15.4. The highest BCUT2D eigenvalue weighted by atomic mass is 16.5. The maximum atomic E-state index is 5.87. The molecule has 0 bridgehead atoms. The van der Waals surface area contributed by atoms with Crippen molar-refractivity contribution in [3.63, 3.8) is 0 Å². The zero-order valence-electron chi connectivity index (χ0n) is 13.1. The SMILES string of the molecule is COc1ccc(N)cc1COc1ccc(C(C)C)c(C)c1. The highest BCUT2D eigenvalue weighted by Crippen LogP contribution is 2.26. The molecule has 112 valence electrons. The van der Waals surface area contributed by atoms with E-state index in [1.165, 1.54) is 11.1 Å². The van der Waals surface area contributed by atoms with E-state index in [-0.39, 0.29) is 0 Å². The quantitative estimate of drug-likeness (QED) is 0.833. The fourth-order valence-corrected chi connectivity index (χ4v) is 2.46. The third-order valence-corrected chi connectivity index (χ3v) is 3.56. The normalized spacial score (nSPS) is 10.7. The number of nitrogens with two attached hydrogens (primary N) is 1. The minimum absolute atomic E-state index is 0.439. The van der Waals surface area contributed by atoms with Gasteiger partial charge in [-0.05, 0) is 54.3 Å². The molecule has 0 atom stereocenters. The summed E-state index contributed by atoms with van der Waals surface area (Å²) in [6, 6.07) is 11.8. The van der Waals surface area contributed by atoms with Crippen molar-refractivity contribution in [3.8, 4) is 11.5 Å². The molecular formula is C18H23NO2. The molecule has 0 unspecified atom stereocenters. The Hall–Kier alpha value is -2.16. The monoisotopic (exact) mass is 285 g/mol. The fourth-order valence-electron chi connectivity index (χ4n) is 2.46. The standard InChI is InChI=1S/C18H23NO2/c1-12(2)17-7-6-16(9-13(17)3)21-11-14-10-15(19)5-8-18(14)20-4/h5-10,12H,11,19H2,1-4H3. The Morgan fingerprint density at radius 1 is 1.10 bits per heavy atom. The van der Waals surface area contributed by atoms with E-state index < -0.39 is 0 Å². The summed E-state index contributed by atoms with van der Waals surface area (Å²) in [4.78, 5) is 0. The van der Waals surface area contributed by atoms with Crippen LogP contribution >= 0.6 is 0 Å². The molecular weight excluding hydrogens is 262 g/mol. The van der Waals surface area contributed by atoms with Crippen LogP contribution in [0.2, 0.25) is 0 Å². The number of aryl methyl sites for hydroxylation is 1. The van der Waals surface area contributed by atoms with Crippen LogP contribution < -0.4 is 15.2 Å². The molecule has 0 saturated heterocycles. The molecule has 2 rings (SSSR count). The lowest BCUT2D eigenvalue weighted by molar-refractivity contribution is 0.296. The van der Waals surface area contributed by atoms with Crippen molar-refractivity contribution in [2.45, 2.75) is 33.3 Å². The van der Waals surface area contributed by atoms with Gasteiger partial charge in [0, 0.05) is 11.3 Å². The predicted molar refractivity (Wildman–Crippen MR) is 87.0 cm³/mol. The first-order valence-corrected chi connectivity index (χ1v) is 7.17.